The number of carbonyl (C=O) groups is 1. The predicted molar refractivity (Wildman–Crippen MR) is 68.3 cm³/mol. The molecule has 0 bridgehead atoms. The predicted octanol–water partition coefficient (Wildman–Crippen LogP) is 3.61. The van der Waals surface area contributed by atoms with Gasteiger partial charge >= 0.3 is 0 Å². The molecular weight excluding hydrogens is 264 g/mol. The third-order valence-corrected chi connectivity index (χ3v) is 3.56. The lowest BCUT2D eigenvalue weighted by atomic mass is 10.0. The number of carbonyl (C=O) groups excluding carboxylic acids is 1. The fourth-order valence-electron chi connectivity index (χ4n) is 1.14. The highest BCUT2D eigenvalue weighted by Crippen LogP contribution is 2.21. The molecule has 94 valence electrons. The molecule has 0 aliphatic rings. The lowest BCUT2D eigenvalue weighted by Crippen LogP contribution is -2.49. The Morgan fingerprint density at radius 1 is 1.47 bits per heavy atom. The Hall–Kier alpha value is -0.800. The Kier molecular flexibility index (Phi) is 4.39. The van der Waals surface area contributed by atoms with Crippen LogP contribution in [-0.2, 0) is 0 Å². The third-order valence-electron chi connectivity index (χ3n) is 2.63. The van der Waals surface area contributed by atoms with Crippen LogP contribution in [0.1, 0.15) is 31.1 Å². The molecule has 1 aromatic carbocycles. The van der Waals surface area contributed by atoms with Gasteiger partial charge in [-0.25, -0.2) is 4.39 Å². The van der Waals surface area contributed by atoms with E-state index in [0.717, 1.165) is 0 Å². The number of alkyl halides is 1. The van der Waals surface area contributed by atoms with Crippen molar-refractivity contribution in [1.82, 2.24) is 5.32 Å². The topological polar surface area (TPSA) is 29.1 Å². The van der Waals surface area contributed by atoms with Crippen molar-refractivity contribution in [2.24, 2.45) is 0 Å². The van der Waals surface area contributed by atoms with Gasteiger partial charge < -0.3 is 5.32 Å². The maximum absolute atomic E-state index is 13.2. The second-order valence-corrected chi connectivity index (χ2v) is 5.43. The molecule has 1 N–H and O–H groups in total. The lowest BCUT2D eigenvalue weighted by Gasteiger charge is -2.29. The molecule has 0 heterocycles. The Labute approximate surface area is 110 Å². The van der Waals surface area contributed by atoms with E-state index in [2.05, 4.69) is 5.32 Å². The van der Waals surface area contributed by atoms with E-state index in [1.165, 1.54) is 18.2 Å². The molecule has 0 fully saturated rings. The normalized spacial score (nSPS) is 13.3. The summed E-state index contributed by atoms with van der Waals surface area (Å²) in [5.41, 5.74) is -0.495. The zero-order valence-corrected chi connectivity index (χ0v) is 11.4. The summed E-state index contributed by atoms with van der Waals surface area (Å²) in [6.07, 6.45) is 0. The van der Waals surface area contributed by atoms with Gasteiger partial charge in [0.05, 0.1) is 21.5 Å². The van der Waals surface area contributed by atoms with Crippen LogP contribution in [-0.4, -0.2) is 16.8 Å². The van der Waals surface area contributed by atoms with Gasteiger partial charge in [0.2, 0.25) is 0 Å². The molecule has 0 aliphatic heterocycles. The molecule has 1 rings (SSSR count). The molecule has 1 amide bonds. The first-order valence-electron chi connectivity index (χ1n) is 5.16. The fraction of sp³-hybridized carbons (Fsp3) is 0.417. The summed E-state index contributed by atoms with van der Waals surface area (Å²) in [7, 11) is 0. The Morgan fingerprint density at radius 3 is 2.59 bits per heavy atom. The Morgan fingerprint density at radius 2 is 2.06 bits per heavy atom. The number of hydrogen-bond acceptors (Lipinski definition) is 1. The van der Waals surface area contributed by atoms with E-state index in [-0.39, 0.29) is 16.0 Å². The van der Waals surface area contributed by atoms with Crippen molar-refractivity contribution < 1.29 is 9.18 Å². The first kappa shape index (κ1) is 14.3. The highest BCUT2D eigenvalue weighted by atomic mass is 35.5. The molecule has 0 aliphatic carbocycles. The molecule has 1 aromatic rings. The van der Waals surface area contributed by atoms with Gasteiger partial charge in [-0.15, -0.1) is 11.6 Å². The molecule has 2 nitrogen and oxygen atoms in total. The monoisotopic (exact) mass is 277 g/mol. The van der Waals surface area contributed by atoms with Gasteiger partial charge in [0.25, 0.3) is 5.91 Å². The van der Waals surface area contributed by atoms with Crippen LogP contribution in [0.15, 0.2) is 18.2 Å². The van der Waals surface area contributed by atoms with E-state index in [1.54, 1.807) is 20.8 Å². The number of amides is 1. The molecule has 1 unspecified atom stereocenters. The van der Waals surface area contributed by atoms with Crippen molar-refractivity contribution in [3.8, 4) is 0 Å². The summed E-state index contributed by atoms with van der Waals surface area (Å²) in [5, 5.41) is 2.28. The molecule has 0 radical (unpaired) electrons. The summed E-state index contributed by atoms with van der Waals surface area (Å²) in [5.74, 6) is -1.05. The molecule has 0 spiro atoms. The average molecular weight is 278 g/mol. The lowest BCUT2D eigenvalue weighted by molar-refractivity contribution is 0.0912. The number of rotatable bonds is 3. The fourth-order valence-corrected chi connectivity index (χ4v) is 1.40. The summed E-state index contributed by atoms with van der Waals surface area (Å²) in [4.78, 5) is 11.9. The molecule has 1 atom stereocenters. The smallest absolute Gasteiger partial charge is 0.253 e. The third kappa shape index (κ3) is 3.33. The number of nitrogens with one attached hydrogen (secondary N) is 1. The van der Waals surface area contributed by atoms with Gasteiger partial charge in [0.1, 0.15) is 5.82 Å². The first-order valence-corrected chi connectivity index (χ1v) is 5.97. The molecule has 5 heteroatoms. The van der Waals surface area contributed by atoms with Crippen LogP contribution in [0.3, 0.4) is 0 Å². The molecular formula is C12H14Cl2FNO. The maximum atomic E-state index is 13.2. The summed E-state index contributed by atoms with van der Waals surface area (Å²) in [6.45, 7) is 5.35. The van der Waals surface area contributed by atoms with E-state index >= 15 is 0 Å². The second-order valence-electron chi connectivity index (χ2n) is 4.39. The van der Waals surface area contributed by atoms with Crippen molar-refractivity contribution >= 4 is 29.1 Å². The Bertz CT molecular complexity index is 433. The molecule has 17 heavy (non-hydrogen) atoms. The molecule has 0 aromatic heterocycles. The minimum Gasteiger partial charge on any atom is -0.346 e. The van der Waals surface area contributed by atoms with Crippen LogP contribution in [0.2, 0.25) is 5.02 Å². The largest absolute Gasteiger partial charge is 0.346 e. The van der Waals surface area contributed by atoms with Crippen molar-refractivity contribution in [2.45, 2.75) is 31.7 Å². The van der Waals surface area contributed by atoms with Crippen LogP contribution < -0.4 is 5.32 Å². The van der Waals surface area contributed by atoms with Crippen LogP contribution in [0, 0.1) is 5.82 Å². The van der Waals surface area contributed by atoms with E-state index in [1.807, 2.05) is 0 Å². The SMILES string of the molecule is CC(Cl)C(C)(C)NC(=O)c1cccc(F)c1Cl. The summed E-state index contributed by atoms with van der Waals surface area (Å²) in [6, 6.07) is 4.11. The van der Waals surface area contributed by atoms with Crippen LogP contribution in [0.4, 0.5) is 4.39 Å². The van der Waals surface area contributed by atoms with Crippen LogP contribution in [0.25, 0.3) is 0 Å². The highest BCUT2D eigenvalue weighted by molar-refractivity contribution is 6.34. The van der Waals surface area contributed by atoms with Gasteiger partial charge in [-0.1, -0.05) is 17.7 Å². The summed E-state index contributed by atoms with van der Waals surface area (Å²) >= 11 is 11.7. The van der Waals surface area contributed by atoms with Gasteiger partial charge in [0.15, 0.2) is 0 Å². The standard InChI is InChI=1S/C12H14Cl2FNO/c1-7(13)12(2,3)16-11(17)8-5-4-6-9(15)10(8)14/h4-7H,1-3H3,(H,16,17). The van der Waals surface area contributed by atoms with Gasteiger partial charge in [-0.2, -0.15) is 0 Å². The van der Waals surface area contributed by atoms with Crippen molar-refractivity contribution in [3.63, 3.8) is 0 Å². The van der Waals surface area contributed by atoms with E-state index in [0.29, 0.717) is 0 Å². The zero-order valence-electron chi connectivity index (χ0n) is 9.85. The zero-order chi connectivity index (χ0) is 13.2. The number of benzene rings is 1. The minimum atomic E-state index is -0.615. The van der Waals surface area contributed by atoms with E-state index in [9.17, 15) is 9.18 Å². The Balaban J connectivity index is 2.95. The molecule has 0 saturated heterocycles. The van der Waals surface area contributed by atoms with Crippen molar-refractivity contribution in [3.05, 3.63) is 34.6 Å². The quantitative estimate of drug-likeness (QED) is 0.841. The number of halogens is 3. The van der Waals surface area contributed by atoms with Gasteiger partial charge in [-0.05, 0) is 32.9 Å². The first-order chi connectivity index (χ1) is 7.75. The second kappa shape index (κ2) is 5.23. The maximum Gasteiger partial charge on any atom is 0.253 e. The highest BCUT2D eigenvalue weighted by Gasteiger charge is 2.27. The van der Waals surface area contributed by atoms with Crippen molar-refractivity contribution in [2.75, 3.05) is 0 Å². The summed E-state index contributed by atoms with van der Waals surface area (Å²) < 4.78 is 13.2. The number of hydrogen-bond donors (Lipinski definition) is 1. The van der Waals surface area contributed by atoms with Gasteiger partial charge in [-0.3, -0.25) is 4.79 Å². The van der Waals surface area contributed by atoms with E-state index < -0.39 is 17.3 Å². The molecule has 0 saturated carbocycles. The van der Waals surface area contributed by atoms with Gasteiger partial charge in [0, 0.05) is 0 Å². The van der Waals surface area contributed by atoms with Crippen molar-refractivity contribution in [1.29, 1.82) is 0 Å². The average Bonchev–Trinajstić information content (AvgIpc) is 2.21. The van der Waals surface area contributed by atoms with Crippen LogP contribution in [0.5, 0.6) is 0 Å². The van der Waals surface area contributed by atoms with E-state index in [4.69, 9.17) is 23.2 Å². The minimum absolute atomic E-state index is 0.108. The van der Waals surface area contributed by atoms with Crippen LogP contribution >= 0.6 is 23.2 Å².